The second-order valence-corrected chi connectivity index (χ2v) is 5.88. The number of carbonyl (C=O) groups excluding carboxylic acids is 1. The summed E-state index contributed by atoms with van der Waals surface area (Å²) in [7, 11) is 1.62. The molecule has 25 heavy (non-hydrogen) atoms. The predicted molar refractivity (Wildman–Crippen MR) is 98.4 cm³/mol. The molecule has 0 aliphatic heterocycles. The van der Waals surface area contributed by atoms with Gasteiger partial charge in [0.2, 0.25) is 0 Å². The van der Waals surface area contributed by atoms with Crippen LogP contribution in [0.3, 0.4) is 0 Å². The molecule has 5 nitrogen and oxygen atoms in total. The van der Waals surface area contributed by atoms with Crippen molar-refractivity contribution in [3.63, 3.8) is 0 Å². The van der Waals surface area contributed by atoms with Gasteiger partial charge in [-0.05, 0) is 36.1 Å². The smallest absolute Gasteiger partial charge is 0.251 e. The lowest BCUT2D eigenvalue weighted by Gasteiger charge is -2.07. The zero-order valence-corrected chi connectivity index (χ0v) is 14.6. The highest BCUT2D eigenvalue weighted by Crippen LogP contribution is 2.17. The molecule has 0 aliphatic rings. The first-order chi connectivity index (χ1) is 12.2. The van der Waals surface area contributed by atoms with Gasteiger partial charge in [0, 0.05) is 31.5 Å². The van der Waals surface area contributed by atoms with Crippen LogP contribution in [0.5, 0.6) is 0 Å². The number of rotatable bonds is 6. The van der Waals surface area contributed by atoms with E-state index in [1.54, 1.807) is 25.4 Å². The van der Waals surface area contributed by atoms with Crippen molar-refractivity contribution in [1.29, 1.82) is 0 Å². The maximum atomic E-state index is 11.8. The lowest BCUT2D eigenvalue weighted by atomic mass is 10.0. The van der Waals surface area contributed by atoms with Crippen LogP contribution in [0.2, 0.25) is 0 Å². The minimum atomic E-state index is -0.126. The van der Waals surface area contributed by atoms with Gasteiger partial charge in [-0.2, -0.15) is 0 Å². The minimum Gasteiger partial charge on any atom is -0.355 e. The van der Waals surface area contributed by atoms with Crippen molar-refractivity contribution >= 4 is 5.91 Å². The van der Waals surface area contributed by atoms with Crippen LogP contribution in [0.15, 0.2) is 55.1 Å². The molecule has 0 spiro atoms. The highest BCUT2D eigenvalue weighted by molar-refractivity contribution is 5.94. The molecule has 0 unspecified atom stereocenters. The van der Waals surface area contributed by atoms with Crippen LogP contribution in [0.25, 0.3) is 11.4 Å². The summed E-state index contributed by atoms with van der Waals surface area (Å²) in [5, 5.41) is 2.62. The fourth-order valence-corrected chi connectivity index (χ4v) is 2.87. The van der Waals surface area contributed by atoms with E-state index in [2.05, 4.69) is 51.0 Å². The third-order valence-electron chi connectivity index (χ3n) is 4.28. The summed E-state index contributed by atoms with van der Waals surface area (Å²) >= 11 is 0. The van der Waals surface area contributed by atoms with E-state index in [-0.39, 0.29) is 5.91 Å². The minimum absolute atomic E-state index is 0.126. The third-order valence-corrected chi connectivity index (χ3v) is 4.28. The summed E-state index contributed by atoms with van der Waals surface area (Å²) in [5.41, 5.74) is 4.82. The molecule has 0 bridgehead atoms. The Hall–Kier alpha value is -2.95. The second kappa shape index (κ2) is 7.75. The molecular formula is C20H22N4O. The van der Waals surface area contributed by atoms with Gasteiger partial charge in [-0.1, -0.05) is 31.2 Å². The van der Waals surface area contributed by atoms with Gasteiger partial charge in [0.15, 0.2) is 0 Å². The Morgan fingerprint density at radius 3 is 2.68 bits per heavy atom. The molecular weight excluding hydrogens is 312 g/mol. The third kappa shape index (κ3) is 3.94. The molecule has 3 rings (SSSR count). The largest absolute Gasteiger partial charge is 0.355 e. The summed E-state index contributed by atoms with van der Waals surface area (Å²) in [6.45, 7) is 3.04. The Balaban J connectivity index is 1.73. The molecule has 0 atom stereocenters. The molecule has 1 amide bonds. The number of carbonyl (C=O) groups is 1. The van der Waals surface area contributed by atoms with E-state index in [9.17, 15) is 4.79 Å². The van der Waals surface area contributed by atoms with Crippen LogP contribution in [0.1, 0.15) is 28.4 Å². The van der Waals surface area contributed by atoms with Gasteiger partial charge in [-0.3, -0.25) is 9.78 Å². The van der Waals surface area contributed by atoms with Crippen LogP contribution in [0, 0.1) is 0 Å². The molecule has 128 valence electrons. The molecule has 0 saturated carbocycles. The summed E-state index contributed by atoms with van der Waals surface area (Å²) in [5.74, 6) is -0.126. The maximum Gasteiger partial charge on any atom is 0.251 e. The first-order valence-electron chi connectivity index (χ1n) is 8.48. The maximum absolute atomic E-state index is 11.8. The molecule has 2 heterocycles. The average molecular weight is 334 g/mol. The molecule has 5 heteroatoms. The van der Waals surface area contributed by atoms with Gasteiger partial charge in [-0.15, -0.1) is 0 Å². The number of imidazole rings is 1. The zero-order valence-electron chi connectivity index (χ0n) is 14.6. The SMILES string of the molecule is CCc1ccccc1CCn1cnc(-c2cc(C(=O)NC)ccn2)c1. The number of aryl methyl sites for hydroxylation is 3. The Labute approximate surface area is 147 Å². The number of hydrogen-bond donors (Lipinski definition) is 1. The fourth-order valence-electron chi connectivity index (χ4n) is 2.87. The molecule has 1 aromatic carbocycles. The molecule has 0 saturated heterocycles. The van der Waals surface area contributed by atoms with E-state index in [0.717, 1.165) is 25.1 Å². The number of pyridine rings is 1. The van der Waals surface area contributed by atoms with E-state index in [0.29, 0.717) is 11.3 Å². The first kappa shape index (κ1) is 16.9. The quantitative estimate of drug-likeness (QED) is 0.753. The second-order valence-electron chi connectivity index (χ2n) is 5.88. The van der Waals surface area contributed by atoms with Gasteiger partial charge < -0.3 is 9.88 Å². The van der Waals surface area contributed by atoms with Gasteiger partial charge in [0.25, 0.3) is 5.91 Å². The van der Waals surface area contributed by atoms with Crippen molar-refractivity contribution in [2.45, 2.75) is 26.3 Å². The number of amides is 1. The van der Waals surface area contributed by atoms with Crippen molar-refractivity contribution in [2.75, 3.05) is 7.05 Å². The van der Waals surface area contributed by atoms with Crippen molar-refractivity contribution in [3.05, 3.63) is 71.8 Å². The van der Waals surface area contributed by atoms with Crippen LogP contribution < -0.4 is 5.32 Å². The summed E-state index contributed by atoms with van der Waals surface area (Å²) in [4.78, 5) is 20.5. The van der Waals surface area contributed by atoms with Gasteiger partial charge in [0.1, 0.15) is 5.69 Å². The Kier molecular flexibility index (Phi) is 5.23. The normalized spacial score (nSPS) is 10.6. The lowest BCUT2D eigenvalue weighted by molar-refractivity contribution is 0.0963. The molecule has 3 aromatic rings. The Morgan fingerprint density at radius 1 is 1.12 bits per heavy atom. The Morgan fingerprint density at radius 2 is 1.92 bits per heavy atom. The van der Waals surface area contributed by atoms with E-state index < -0.39 is 0 Å². The highest BCUT2D eigenvalue weighted by Gasteiger charge is 2.09. The van der Waals surface area contributed by atoms with Crippen molar-refractivity contribution in [2.24, 2.45) is 0 Å². The standard InChI is InChI=1S/C20H22N4O/c1-3-15-6-4-5-7-16(15)9-11-24-13-19(23-14-24)18-12-17(8-10-22-18)20(25)21-2/h4-8,10,12-14H,3,9,11H2,1-2H3,(H,21,25). The first-order valence-corrected chi connectivity index (χ1v) is 8.48. The van der Waals surface area contributed by atoms with Crippen molar-refractivity contribution in [3.8, 4) is 11.4 Å². The molecule has 1 N–H and O–H groups in total. The van der Waals surface area contributed by atoms with Crippen LogP contribution >= 0.6 is 0 Å². The average Bonchev–Trinajstić information content (AvgIpc) is 3.15. The zero-order chi connectivity index (χ0) is 17.6. The molecule has 0 aliphatic carbocycles. The number of nitrogens with one attached hydrogen (secondary N) is 1. The van der Waals surface area contributed by atoms with Gasteiger partial charge in [-0.25, -0.2) is 4.98 Å². The lowest BCUT2D eigenvalue weighted by Crippen LogP contribution is -2.17. The molecule has 0 radical (unpaired) electrons. The molecule has 0 fully saturated rings. The topological polar surface area (TPSA) is 59.8 Å². The molecule has 2 aromatic heterocycles. The summed E-state index contributed by atoms with van der Waals surface area (Å²) in [6, 6.07) is 12.0. The number of hydrogen-bond acceptors (Lipinski definition) is 3. The predicted octanol–water partition coefficient (Wildman–Crippen LogP) is 3.11. The van der Waals surface area contributed by atoms with E-state index in [4.69, 9.17) is 0 Å². The number of aromatic nitrogens is 3. The van der Waals surface area contributed by atoms with Crippen LogP contribution in [-0.4, -0.2) is 27.5 Å². The van der Waals surface area contributed by atoms with E-state index >= 15 is 0 Å². The fraction of sp³-hybridized carbons (Fsp3) is 0.250. The monoisotopic (exact) mass is 334 g/mol. The van der Waals surface area contributed by atoms with Crippen LogP contribution in [0.4, 0.5) is 0 Å². The number of nitrogens with zero attached hydrogens (tertiary/aromatic N) is 3. The van der Waals surface area contributed by atoms with E-state index in [1.165, 1.54) is 11.1 Å². The Bertz CT molecular complexity index is 869. The van der Waals surface area contributed by atoms with Crippen molar-refractivity contribution < 1.29 is 4.79 Å². The van der Waals surface area contributed by atoms with E-state index in [1.807, 2.05) is 12.5 Å². The number of benzene rings is 1. The van der Waals surface area contributed by atoms with Crippen LogP contribution in [-0.2, 0) is 19.4 Å². The van der Waals surface area contributed by atoms with Crippen molar-refractivity contribution in [1.82, 2.24) is 19.9 Å². The van der Waals surface area contributed by atoms with Gasteiger partial charge >= 0.3 is 0 Å². The summed E-state index contributed by atoms with van der Waals surface area (Å²) in [6.07, 6.45) is 7.44. The van der Waals surface area contributed by atoms with Gasteiger partial charge in [0.05, 0.1) is 12.0 Å². The highest BCUT2D eigenvalue weighted by atomic mass is 16.1. The summed E-state index contributed by atoms with van der Waals surface area (Å²) < 4.78 is 2.07.